The Morgan fingerprint density at radius 2 is 0.672 bits per heavy atom. The van der Waals surface area contributed by atoms with Crippen LogP contribution < -0.4 is 0 Å². The summed E-state index contributed by atoms with van der Waals surface area (Å²) in [6, 6.07) is 3.33. The molecule has 0 heterocycles. The molecule has 0 radical (unpaired) electrons. The second-order valence-electron chi connectivity index (χ2n) is 18.6. The molecule has 0 bridgehead atoms. The Balaban J connectivity index is 2.11. The topological polar surface area (TPSA) is 107 Å². The molecule has 0 amide bonds. The predicted molar refractivity (Wildman–Crippen MR) is 271 cm³/mol. The molecule has 0 unspecified atom stereocenters. The fraction of sp³-hybridized carbons (Fsp3) is 0.786. The van der Waals surface area contributed by atoms with Crippen LogP contribution in [0.5, 0.6) is 0 Å². The van der Waals surface area contributed by atoms with Crippen molar-refractivity contribution in [2.75, 3.05) is 13.2 Å². The first-order valence-corrected chi connectivity index (χ1v) is 28.5. The lowest BCUT2D eigenvalue weighted by molar-refractivity contribution is 0.0450. The lowest BCUT2D eigenvalue weighted by atomic mass is 10.0. The summed E-state index contributed by atoms with van der Waals surface area (Å²) in [5.74, 6) is -1.49. The SMILES string of the molecule is CCCCCCCCC/C=C/CCCCCCCCCCCCCOC(=O)c1ccc(S(=O)(=O)O)cc1C(=O)OCCCCCCCCCCCCC/C=C/CCCCCCCCC. The highest BCUT2D eigenvalue weighted by atomic mass is 32.2. The van der Waals surface area contributed by atoms with E-state index in [0.717, 1.165) is 50.7 Å². The minimum absolute atomic E-state index is 0.0569. The molecule has 8 heteroatoms. The van der Waals surface area contributed by atoms with Crippen LogP contribution in [0.3, 0.4) is 0 Å². The molecule has 1 rings (SSSR count). The first-order chi connectivity index (χ1) is 31.3. The van der Waals surface area contributed by atoms with Gasteiger partial charge in [0.25, 0.3) is 10.1 Å². The van der Waals surface area contributed by atoms with Gasteiger partial charge in [-0.2, -0.15) is 8.42 Å². The highest BCUT2D eigenvalue weighted by Crippen LogP contribution is 2.20. The third kappa shape index (κ3) is 36.7. The summed E-state index contributed by atoms with van der Waals surface area (Å²) >= 11 is 0. The van der Waals surface area contributed by atoms with Crippen molar-refractivity contribution in [1.82, 2.24) is 0 Å². The van der Waals surface area contributed by atoms with Crippen LogP contribution in [-0.2, 0) is 19.6 Å². The molecule has 0 spiro atoms. The van der Waals surface area contributed by atoms with Crippen LogP contribution in [-0.4, -0.2) is 38.1 Å². The Bertz CT molecular complexity index is 1400. The highest BCUT2D eigenvalue weighted by Gasteiger charge is 2.23. The summed E-state index contributed by atoms with van der Waals surface area (Å²) in [5, 5.41) is 0. The van der Waals surface area contributed by atoms with E-state index in [1.54, 1.807) is 0 Å². The average molecular weight is 915 g/mol. The zero-order valence-electron chi connectivity index (χ0n) is 41.5. The molecular weight excluding hydrogens is 817 g/mol. The molecule has 370 valence electrons. The number of ether oxygens (including phenoxy) is 2. The molecular formula is C56H98O7S. The van der Waals surface area contributed by atoms with Crippen LogP contribution in [0.1, 0.15) is 291 Å². The second-order valence-corrected chi connectivity index (χ2v) is 20.0. The first kappa shape index (κ1) is 59.6. The summed E-state index contributed by atoms with van der Waals surface area (Å²) in [4.78, 5) is 25.5. The molecule has 7 nitrogen and oxygen atoms in total. The molecule has 1 aromatic carbocycles. The van der Waals surface area contributed by atoms with E-state index in [0.29, 0.717) is 6.42 Å². The summed E-state index contributed by atoms with van der Waals surface area (Å²) in [5.41, 5.74) is -0.264. The molecule has 0 saturated carbocycles. The number of carbonyl (C=O) groups is 2. The van der Waals surface area contributed by atoms with Crippen molar-refractivity contribution in [3.8, 4) is 0 Å². The minimum atomic E-state index is -4.57. The van der Waals surface area contributed by atoms with Gasteiger partial charge in [-0.1, -0.05) is 231 Å². The van der Waals surface area contributed by atoms with Crippen LogP contribution in [0.4, 0.5) is 0 Å². The Morgan fingerprint density at radius 1 is 0.406 bits per heavy atom. The summed E-state index contributed by atoms with van der Waals surface area (Å²) < 4.78 is 44.2. The van der Waals surface area contributed by atoms with Crippen molar-refractivity contribution >= 4 is 22.1 Å². The molecule has 0 atom stereocenters. The van der Waals surface area contributed by atoms with E-state index < -0.39 is 27.0 Å². The fourth-order valence-corrected chi connectivity index (χ4v) is 8.84. The molecule has 0 saturated heterocycles. The molecule has 1 aromatic rings. The second kappa shape index (κ2) is 44.4. The van der Waals surface area contributed by atoms with Gasteiger partial charge in [-0.25, -0.2) is 9.59 Å². The van der Waals surface area contributed by atoms with Gasteiger partial charge in [0.15, 0.2) is 0 Å². The van der Waals surface area contributed by atoms with Gasteiger partial charge in [0.05, 0.1) is 29.2 Å². The van der Waals surface area contributed by atoms with Crippen LogP contribution >= 0.6 is 0 Å². The van der Waals surface area contributed by atoms with Gasteiger partial charge in [-0.15, -0.1) is 0 Å². The molecule has 1 N–H and O–H groups in total. The van der Waals surface area contributed by atoms with Crippen molar-refractivity contribution < 1.29 is 32.0 Å². The maximum atomic E-state index is 13.0. The summed E-state index contributed by atoms with van der Waals surface area (Å²) in [7, 11) is -4.57. The highest BCUT2D eigenvalue weighted by molar-refractivity contribution is 7.85. The summed E-state index contributed by atoms with van der Waals surface area (Å²) in [6.45, 7) is 4.94. The Labute approximate surface area is 394 Å². The third-order valence-corrected chi connectivity index (χ3v) is 13.4. The number of rotatable bonds is 47. The van der Waals surface area contributed by atoms with E-state index in [-0.39, 0.29) is 24.3 Å². The zero-order valence-corrected chi connectivity index (χ0v) is 42.4. The van der Waals surface area contributed by atoms with E-state index in [4.69, 9.17) is 9.47 Å². The van der Waals surface area contributed by atoms with E-state index >= 15 is 0 Å². The van der Waals surface area contributed by atoms with Gasteiger partial charge in [0.2, 0.25) is 0 Å². The molecule has 0 aliphatic carbocycles. The molecule has 0 aromatic heterocycles. The minimum Gasteiger partial charge on any atom is -0.462 e. The van der Waals surface area contributed by atoms with Gasteiger partial charge < -0.3 is 9.47 Å². The Morgan fingerprint density at radius 3 is 0.969 bits per heavy atom. The van der Waals surface area contributed by atoms with Gasteiger partial charge in [-0.3, -0.25) is 4.55 Å². The van der Waals surface area contributed by atoms with Crippen molar-refractivity contribution in [1.29, 1.82) is 0 Å². The van der Waals surface area contributed by atoms with Gasteiger partial charge in [0, 0.05) is 0 Å². The molecule has 0 aliphatic rings. The van der Waals surface area contributed by atoms with Crippen molar-refractivity contribution in [2.45, 2.75) is 276 Å². The van der Waals surface area contributed by atoms with Crippen LogP contribution in [0.15, 0.2) is 47.4 Å². The van der Waals surface area contributed by atoms with Crippen LogP contribution in [0.2, 0.25) is 0 Å². The quantitative estimate of drug-likeness (QED) is 0.0300. The number of esters is 2. The lowest BCUT2D eigenvalue weighted by Gasteiger charge is -2.11. The zero-order chi connectivity index (χ0) is 46.4. The number of benzene rings is 1. The predicted octanol–water partition coefficient (Wildman–Crippen LogP) is 18.0. The maximum Gasteiger partial charge on any atom is 0.339 e. The van der Waals surface area contributed by atoms with Crippen LogP contribution in [0.25, 0.3) is 0 Å². The Kier molecular flexibility index (Phi) is 41.3. The standard InChI is InChI=1S/C56H98O7S/c1-3-5-7-9-11-13-15-17-19-21-23-25-27-29-31-33-35-37-39-41-43-45-49-62-55(57)53-48-47-52(64(59,60)61)51-54(53)56(58)63-50-46-44-42-40-38-36-34-32-30-28-26-24-22-20-18-16-14-12-10-8-6-4-2/h19-22,47-48,51H,3-18,23-46,49-50H2,1-2H3,(H,59,60,61)/b21-19+,22-20+. The number of hydrogen-bond donors (Lipinski definition) is 1. The normalized spacial score (nSPS) is 11.9. The third-order valence-electron chi connectivity index (χ3n) is 12.5. The molecule has 0 fully saturated rings. The van der Waals surface area contributed by atoms with E-state index in [1.807, 2.05) is 0 Å². The van der Waals surface area contributed by atoms with Crippen LogP contribution in [0, 0.1) is 0 Å². The number of unbranched alkanes of at least 4 members (excludes halogenated alkanes) is 36. The van der Waals surface area contributed by atoms with Crippen molar-refractivity contribution in [2.24, 2.45) is 0 Å². The van der Waals surface area contributed by atoms with Crippen molar-refractivity contribution in [3.63, 3.8) is 0 Å². The van der Waals surface area contributed by atoms with Crippen molar-refractivity contribution in [3.05, 3.63) is 53.6 Å². The van der Waals surface area contributed by atoms with Gasteiger partial charge in [-0.05, 0) is 82.4 Å². The maximum absolute atomic E-state index is 13.0. The van der Waals surface area contributed by atoms with E-state index in [1.165, 1.54) is 218 Å². The van der Waals surface area contributed by atoms with E-state index in [2.05, 4.69) is 38.2 Å². The molecule has 0 aliphatic heterocycles. The van der Waals surface area contributed by atoms with Gasteiger partial charge >= 0.3 is 11.9 Å². The smallest absolute Gasteiger partial charge is 0.339 e. The lowest BCUT2D eigenvalue weighted by Crippen LogP contribution is -2.16. The number of hydrogen-bond acceptors (Lipinski definition) is 6. The Hall–Kier alpha value is -2.45. The first-order valence-electron chi connectivity index (χ1n) is 27.1. The monoisotopic (exact) mass is 915 g/mol. The van der Waals surface area contributed by atoms with E-state index in [9.17, 15) is 22.6 Å². The average Bonchev–Trinajstić information content (AvgIpc) is 3.28. The molecule has 64 heavy (non-hydrogen) atoms. The number of allylic oxidation sites excluding steroid dienone is 4. The largest absolute Gasteiger partial charge is 0.462 e. The number of carbonyl (C=O) groups excluding carboxylic acids is 2. The fourth-order valence-electron chi connectivity index (χ4n) is 8.34. The summed E-state index contributed by atoms with van der Waals surface area (Å²) in [6.07, 6.45) is 59.6. The van der Waals surface area contributed by atoms with Gasteiger partial charge in [0.1, 0.15) is 0 Å².